The van der Waals surface area contributed by atoms with Crippen LogP contribution in [0.15, 0.2) is 24.3 Å². The van der Waals surface area contributed by atoms with Gasteiger partial charge in [0.1, 0.15) is 0 Å². The zero-order valence-corrected chi connectivity index (χ0v) is 11.3. The molecule has 0 unspecified atom stereocenters. The molecule has 3 nitrogen and oxygen atoms in total. The smallest absolute Gasteiger partial charge is 0.0681 e. The molecule has 0 atom stereocenters. The average Bonchev–Trinajstić information content (AvgIpc) is 2.47. The van der Waals surface area contributed by atoms with E-state index in [0.29, 0.717) is 6.04 Å². The summed E-state index contributed by atoms with van der Waals surface area (Å²) in [6, 6.07) is 8.70. The maximum absolute atomic E-state index is 9.00. The molecule has 2 N–H and O–H groups in total. The lowest BCUT2D eigenvalue weighted by atomic mass is 10.0. The Kier molecular flexibility index (Phi) is 5.41. The minimum atomic E-state index is 0.112. The Bertz CT molecular complexity index is 413. The van der Waals surface area contributed by atoms with E-state index in [1.165, 1.54) is 5.56 Å². The van der Waals surface area contributed by atoms with Crippen LogP contribution in [0.4, 0.5) is 0 Å². The van der Waals surface area contributed by atoms with Crippen molar-refractivity contribution in [2.24, 2.45) is 0 Å². The van der Waals surface area contributed by atoms with Gasteiger partial charge < -0.3 is 10.4 Å². The third-order valence-electron chi connectivity index (χ3n) is 3.70. The Labute approximate surface area is 115 Å². The Hall–Kier alpha value is -1.34. The van der Waals surface area contributed by atoms with E-state index in [1.807, 2.05) is 12.1 Å². The van der Waals surface area contributed by atoms with Crippen LogP contribution in [0, 0.1) is 12.3 Å². The van der Waals surface area contributed by atoms with Gasteiger partial charge in [-0.3, -0.25) is 4.90 Å². The number of aliphatic hydroxyl groups excluding tert-OH is 1. The van der Waals surface area contributed by atoms with Crippen LogP contribution in [0.25, 0.3) is 0 Å². The van der Waals surface area contributed by atoms with Gasteiger partial charge in [0.2, 0.25) is 0 Å². The molecule has 102 valence electrons. The number of piperidine rings is 1. The normalized spacial score (nSPS) is 17.3. The molecular weight excluding hydrogens is 236 g/mol. The molecule has 0 aromatic heterocycles. The van der Waals surface area contributed by atoms with Crippen LogP contribution < -0.4 is 5.32 Å². The second-order valence-electron chi connectivity index (χ2n) is 5.11. The van der Waals surface area contributed by atoms with Gasteiger partial charge in [0.15, 0.2) is 0 Å². The van der Waals surface area contributed by atoms with Crippen molar-refractivity contribution in [3.63, 3.8) is 0 Å². The van der Waals surface area contributed by atoms with Crippen molar-refractivity contribution in [3.8, 4) is 12.3 Å². The molecule has 0 spiro atoms. The molecule has 1 aromatic rings. The standard InChI is InChI=1S/C16H22N2O/c1-2-9-18-10-7-16(8-11-18)17-12-14-3-5-15(13-19)6-4-14/h1,3-6,16-17,19H,7-13H2. The number of nitrogens with one attached hydrogen (secondary N) is 1. The maximum atomic E-state index is 9.00. The molecule has 19 heavy (non-hydrogen) atoms. The van der Waals surface area contributed by atoms with Crippen LogP contribution in [0.2, 0.25) is 0 Å². The zero-order chi connectivity index (χ0) is 13.5. The number of hydrogen-bond acceptors (Lipinski definition) is 3. The maximum Gasteiger partial charge on any atom is 0.0681 e. The summed E-state index contributed by atoms with van der Waals surface area (Å²) in [5, 5.41) is 12.6. The largest absolute Gasteiger partial charge is 0.392 e. The Morgan fingerprint density at radius 1 is 1.21 bits per heavy atom. The predicted octanol–water partition coefficient (Wildman–Crippen LogP) is 1.37. The molecule has 3 heteroatoms. The van der Waals surface area contributed by atoms with Gasteiger partial charge in [0.05, 0.1) is 13.2 Å². The summed E-state index contributed by atoms with van der Waals surface area (Å²) < 4.78 is 0. The first-order valence-electron chi connectivity index (χ1n) is 6.89. The topological polar surface area (TPSA) is 35.5 Å². The molecule has 1 aliphatic rings. The minimum Gasteiger partial charge on any atom is -0.392 e. The monoisotopic (exact) mass is 258 g/mol. The van der Waals surface area contributed by atoms with E-state index in [1.54, 1.807) is 0 Å². The van der Waals surface area contributed by atoms with Crippen LogP contribution in [-0.4, -0.2) is 35.7 Å². The van der Waals surface area contributed by atoms with Crippen molar-refractivity contribution >= 4 is 0 Å². The van der Waals surface area contributed by atoms with E-state index in [0.717, 1.165) is 44.6 Å². The SMILES string of the molecule is C#CCN1CCC(NCc2ccc(CO)cc2)CC1. The number of rotatable bonds is 5. The number of aliphatic hydroxyl groups is 1. The average molecular weight is 258 g/mol. The van der Waals surface area contributed by atoms with Crippen molar-refractivity contribution in [1.82, 2.24) is 10.2 Å². The molecule has 1 fully saturated rings. The Morgan fingerprint density at radius 2 is 1.84 bits per heavy atom. The summed E-state index contributed by atoms with van der Waals surface area (Å²) in [7, 11) is 0. The highest BCUT2D eigenvalue weighted by Crippen LogP contribution is 2.11. The highest BCUT2D eigenvalue weighted by Gasteiger charge is 2.17. The molecule has 0 aliphatic carbocycles. The van der Waals surface area contributed by atoms with Gasteiger partial charge in [-0.25, -0.2) is 0 Å². The third kappa shape index (κ3) is 4.36. The van der Waals surface area contributed by atoms with Crippen molar-refractivity contribution < 1.29 is 5.11 Å². The van der Waals surface area contributed by atoms with Crippen LogP contribution in [-0.2, 0) is 13.2 Å². The highest BCUT2D eigenvalue weighted by atomic mass is 16.3. The van der Waals surface area contributed by atoms with Crippen molar-refractivity contribution in [3.05, 3.63) is 35.4 Å². The lowest BCUT2D eigenvalue weighted by molar-refractivity contribution is 0.217. The molecule has 0 bridgehead atoms. The summed E-state index contributed by atoms with van der Waals surface area (Å²) in [5.41, 5.74) is 2.23. The highest BCUT2D eigenvalue weighted by molar-refractivity contribution is 5.21. The quantitative estimate of drug-likeness (QED) is 0.783. The second-order valence-corrected chi connectivity index (χ2v) is 5.11. The molecular formula is C16H22N2O. The summed E-state index contributed by atoms with van der Waals surface area (Å²) in [4.78, 5) is 2.33. The van der Waals surface area contributed by atoms with Crippen LogP contribution in [0.1, 0.15) is 24.0 Å². The van der Waals surface area contributed by atoms with Crippen molar-refractivity contribution in [2.75, 3.05) is 19.6 Å². The van der Waals surface area contributed by atoms with Gasteiger partial charge >= 0.3 is 0 Å². The van der Waals surface area contributed by atoms with E-state index in [9.17, 15) is 0 Å². The van der Waals surface area contributed by atoms with E-state index >= 15 is 0 Å². The fraction of sp³-hybridized carbons (Fsp3) is 0.500. The summed E-state index contributed by atoms with van der Waals surface area (Å²) in [6.07, 6.45) is 7.65. The van der Waals surface area contributed by atoms with Gasteiger partial charge in [-0.1, -0.05) is 30.2 Å². The molecule has 0 saturated carbocycles. The summed E-state index contributed by atoms with van der Waals surface area (Å²) in [6.45, 7) is 3.96. The number of nitrogens with zero attached hydrogens (tertiary/aromatic N) is 1. The number of terminal acetylenes is 1. The van der Waals surface area contributed by atoms with E-state index in [2.05, 4.69) is 28.3 Å². The van der Waals surface area contributed by atoms with Crippen LogP contribution in [0.3, 0.4) is 0 Å². The molecule has 1 saturated heterocycles. The first kappa shape index (κ1) is 14.1. The van der Waals surface area contributed by atoms with Crippen molar-refractivity contribution in [1.29, 1.82) is 0 Å². The van der Waals surface area contributed by atoms with Gasteiger partial charge in [0.25, 0.3) is 0 Å². The minimum absolute atomic E-state index is 0.112. The third-order valence-corrected chi connectivity index (χ3v) is 3.70. The first-order valence-corrected chi connectivity index (χ1v) is 6.89. The van der Waals surface area contributed by atoms with Gasteiger partial charge in [-0.2, -0.15) is 0 Å². The fourth-order valence-electron chi connectivity index (χ4n) is 2.45. The predicted molar refractivity (Wildman–Crippen MR) is 77.5 cm³/mol. The van der Waals surface area contributed by atoms with Crippen molar-refractivity contribution in [2.45, 2.75) is 32.0 Å². The number of hydrogen-bond donors (Lipinski definition) is 2. The first-order chi connectivity index (χ1) is 9.31. The summed E-state index contributed by atoms with van der Waals surface area (Å²) in [5.74, 6) is 2.71. The van der Waals surface area contributed by atoms with Crippen LogP contribution >= 0.6 is 0 Å². The Morgan fingerprint density at radius 3 is 2.42 bits per heavy atom. The second kappa shape index (κ2) is 7.30. The lowest BCUT2D eigenvalue weighted by Gasteiger charge is -2.31. The van der Waals surface area contributed by atoms with E-state index < -0.39 is 0 Å². The molecule has 1 aliphatic heterocycles. The molecule has 2 rings (SSSR count). The number of benzene rings is 1. The van der Waals surface area contributed by atoms with E-state index in [-0.39, 0.29) is 6.61 Å². The lowest BCUT2D eigenvalue weighted by Crippen LogP contribution is -2.42. The molecule has 0 amide bonds. The van der Waals surface area contributed by atoms with Gasteiger partial charge in [-0.15, -0.1) is 6.42 Å². The summed E-state index contributed by atoms with van der Waals surface area (Å²) >= 11 is 0. The Balaban J connectivity index is 1.72. The van der Waals surface area contributed by atoms with E-state index in [4.69, 9.17) is 11.5 Å². The van der Waals surface area contributed by atoms with Crippen LogP contribution in [0.5, 0.6) is 0 Å². The number of likely N-dealkylation sites (tertiary alicyclic amines) is 1. The fourth-order valence-corrected chi connectivity index (χ4v) is 2.45. The zero-order valence-electron chi connectivity index (χ0n) is 11.3. The molecule has 1 heterocycles. The molecule has 1 aromatic carbocycles. The van der Waals surface area contributed by atoms with Gasteiger partial charge in [-0.05, 0) is 24.0 Å². The molecule has 0 radical (unpaired) electrons. The van der Waals surface area contributed by atoms with Gasteiger partial charge in [0, 0.05) is 25.7 Å².